The Balaban J connectivity index is 1.87. The van der Waals surface area contributed by atoms with E-state index in [1.165, 1.54) is 21.9 Å². The van der Waals surface area contributed by atoms with Crippen molar-refractivity contribution in [2.75, 3.05) is 19.5 Å². The normalized spacial score (nSPS) is 15.4. The van der Waals surface area contributed by atoms with Crippen LogP contribution in [0.15, 0.2) is 18.2 Å². The molecule has 1 aromatic heterocycles. The van der Waals surface area contributed by atoms with Crippen molar-refractivity contribution >= 4 is 45.2 Å². The van der Waals surface area contributed by atoms with Crippen LogP contribution in [0.2, 0.25) is 0 Å². The van der Waals surface area contributed by atoms with Crippen molar-refractivity contribution < 1.29 is 0 Å². The number of aryl methyl sites for hydroxylation is 1. The van der Waals surface area contributed by atoms with E-state index in [0.29, 0.717) is 5.88 Å². The predicted octanol–water partition coefficient (Wildman–Crippen LogP) is 3.52. The van der Waals surface area contributed by atoms with Gasteiger partial charge in [0.25, 0.3) is 0 Å². The van der Waals surface area contributed by atoms with Crippen LogP contribution in [0, 0.1) is 3.57 Å². The molecule has 108 valence electrons. The molecule has 0 atom stereocenters. The number of aromatic nitrogens is 2. The first-order chi connectivity index (χ1) is 9.69. The van der Waals surface area contributed by atoms with Gasteiger partial charge in [-0.2, -0.15) is 0 Å². The fourth-order valence-electron chi connectivity index (χ4n) is 2.63. The van der Waals surface area contributed by atoms with E-state index in [0.717, 1.165) is 36.9 Å². The average molecular weight is 404 g/mol. The van der Waals surface area contributed by atoms with Gasteiger partial charge >= 0.3 is 0 Å². The Kier molecular flexibility index (Phi) is 4.52. The van der Waals surface area contributed by atoms with Gasteiger partial charge in [-0.3, -0.25) is 0 Å². The molecule has 1 fully saturated rings. The van der Waals surface area contributed by atoms with E-state index in [1.807, 2.05) is 0 Å². The number of fused-ring (bicyclic) bond motifs is 1. The van der Waals surface area contributed by atoms with E-state index in [9.17, 15) is 0 Å². The number of rotatable bonds is 6. The summed E-state index contributed by atoms with van der Waals surface area (Å²) in [6.45, 7) is 2.08. The molecule has 20 heavy (non-hydrogen) atoms. The summed E-state index contributed by atoms with van der Waals surface area (Å²) in [5.41, 5.74) is 2.32. The summed E-state index contributed by atoms with van der Waals surface area (Å²) in [6.07, 6.45) is 3.54. The third-order valence-electron chi connectivity index (χ3n) is 3.95. The molecule has 1 heterocycles. The fourth-order valence-corrected chi connectivity index (χ4v) is 3.28. The highest BCUT2D eigenvalue weighted by Crippen LogP contribution is 2.25. The summed E-state index contributed by atoms with van der Waals surface area (Å²) in [4.78, 5) is 7.22. The van der Waals surface area contributed by atoms with Gasteiger partial charge in [-0.15, -0.1) is 11.6 Å². The topological polar surface area (TPSA) is 21.1 Å². The molecular weight excluding hydrogens is 385 g/mol. The molecule has 0 radical (unpaired) electrons. The Morgan fingerprint density at radius 2 is 2.25 bits per heavy atom. The van der Waals surface area contributed by atoms with Gasteiger partial charge in [0.1, 0.15) is 5.82 Å². The van der Waals surface area contributed by atoms with E-state index < -0.39 is 0 Å². The monoisotopic (exact) mass is 403 g/mol. The number of benzene rings is 1. The van der Waals surface area contributed by atoms with Crippen molar-refractivity contribution in [2.24, 2.45) is 0 Å². The lowest BCUT2D eigenvalue weighted by molar-refractivity contribution is 0.309. The van der Waals surface area contributed by atoms with Crippen LogP contribution >= 0.6 is 34.2 Å². The highest BCUT2D eigenvalue weighted by Gasteiger charge is 2.25. The van der Waals surface area contributed by atoms with Crippen LogP contribution in [-0.2, 0) is 13.0 Å². The zero-order valence-corrected chi connectivity index (χ0v) is 14.6. The summed E-state index contributed by atoms with van der Waals surface area (Å²) in [5, 5.41) is 0. The number of imidazole rings is 1. The van der Waals surface area contributed by atoms with E-state index >= 15 is 0 Å². The Morgan fingerprint density at radius 3 is 2.95 bits per heavy atom. The van der Waals surface area contributed by atoms with Crippen LogP contribution < -0.4 is 0 Å². The molecule has 0 amide bonds. The van der Waals surface area contributed by atoms with Crippen LogP contribution in [0.25, 0.3) is 11.0 Å². The molecule has 0 saturated heterocycles. The van der Waals surface area contributed by atoms with Crippen LogP contribution in [-0.4, -0.2) is 40.0 Å². The lowest BCUT2D eigenvalue weighted by Crippen LogP contribution is -2.25. The van der Waals surface area contributed by atoms with Gasteiger partial charge in [-0.25, -0.2) is 4.98 Å². The Bertz CT molecular complexity index is 606. The van der Waals surface area contributed by atoms with Crippen molar-refractivity contribution in [3.8, 4) is 0 Å². The maximum Gasteiger partial charge on any atom is 0.111 e. The van der Waals surface area contributed by atoms with Crippen molar-refractivity contribution in [1.82, 2.24) is 14.5 Å². The van der Waals surface area contributed by atoms with Crippen LogP contribution in [0.5, 0.6) is 0 Å². The highest BCUT2D eigenvalue weighted by atomic mass is 127. The molecule has 1 saturated carbocycles. The number of nitrogens with zero attached hydrogens (tertiary/aromatic N) is 3. The van der Waals surface area contributed by atoms with Gasteiger partial charge in [-0.05, 0) is 60.7 Å². The van der Waals surface area contributed by atoms with Crippen LogP contribution in [0.3, 0.4) is 0 Å². The standard InChI is InChI=1S/C15H19ClIN3/c1-19(12-3-4-12)8-9-20-14-5-2-11(17)10-13(14)18-15(20)6-7-16/h2,5,10,12H,3-4,6-9H2,1H3. The molecule has 3 rings (SSSR count). The smallest absolute Gasteiger partial charge is 0.111 e. The maximum atomic E-state index is 5.92. The second-order valence-electron chi connectivity index (χ2n) is 5.46. The van der Waals surface area contributed by atoms with Crippen molar-refractivity contribution in [1.29, 1.82) is 0 Å². The third-order valence-corrected chi connectivity index (χ3v) is 4.81. The molecule has 0 unspecified atom stereocenters. The third kappa shape index (κ3) is 3.12. The van der Waals surface area contributed by atoms with E-state index in [1.54, 1.807) is 0 Å². The molecule has 0 N–H and O–H groups in total. The predicted molar refractivity (Wildman–Crippen MR) is 92.5 cm³/mol. The molecule has 0 spiro atoms. The number of halogens is 2. The van der Waals surface area contributed by atoms with Gasteiger partial charge in [0.15, 0.2) is 0 Å². The molecule has 1 aliphatic rings. The first kappa shape index (κ1) is 14.6. The van der Waals surface area contributed by atoms with E-state index in [4.69, 9.17) is 16.6 Å². The van der Waals surface area contributed by atoms with Crippen LogP contribution in [0.4, 0.5) is 0 Å². The number of likely N-dealkylation sites (N-methyl/N-ethyl adjacent to an activating group) is 1. The minimum absolute atomic E-state index is 0.624. The summed E-state index contributed by atoms with van der Waals surface area (Å²) in [5.74, 6) is 1.74. The largest absolute Gasteiger partial charge is 0.327 e. The zero-order valence-electron chi connectivity index (χ0n) is 11.6. The van der Waals surface area contributed by atoms with Crippen molar-refractivity contribution in [3.63, 3.8) is 0 Å². The van der Waals surface area contributed by atoms with E-state index in [-0.39, 0.29) is 0 Å². The van der Waals surface area contributed by atoms with E-state index in [2.05, 4.69) is 57.3 Å². The molecule has 1 aromatic carbocycles. The van der Waals surface area contributed by atoms with Gasteiger partial charge in [0.05, 0.1) is 11.0 Å². The van der Waals surface area contributed by atoms with Crippen LogP contribution in [0.1, 0.15) is 18.7 Å². The summed E-state index contributed by atoms with van der Waals surface area (Å²) in [7, 11) is 2.22. The minimum atomic E-state index is 0.624. The lowest BCUT2D eigenvalue weighted by Gasteiger charge is -2.17. The van der Waals surface area contributed by atoms with Gasteiger partial charge in [0, 0.05) is 35.0 Å². The molecule has 0 bridgehead atoms. The first-order valence-corrected chi connectivity index (χ1v) is 8.71. The number of alkyl halides is 1. The fraction of sp³-hybridized carbons (Fsp3) is 0.533. The molecule has 1 aliphatic carbocycles. The highest BCUT2D eigenvalue weighted by molar-refractivity contribution is 14.1. The van der Waals surface area contributed by atoms with Gasteiger partial charge in [0.2, 0.25) is 0 Å². The Labute approximate surface area is 138 Å². The lowest BCUT2D eigenvalue weighted by atomic mass is 10.3. The number of hydrogen-bond donors (Lipinski definition) is 0. The summed E-state index contributed by atoms with van der Waals surface area (Å²) >= 11 is 8.26. The number of hydrogen-bond acceptors (Lipinski definition) is 2. The van der Waals surface area contributed by atoms with Crippen molar-refractivity contribution in [3.05, 3.63) is 27.6 Å². The Morgan fingerprint density at radius 1 is 1.45 bits per heavy atom. The second kappa shape index (κ2) is 6.20. The summed E-state index contributed by atoms with van der Waals surface area (Å²) < 4.78 is 3.57. The SMILES string of the molecule is CN(CCn1c(CCCl)nc2cc(I)ccc21)C1CC1. The molecule has 3 nitrogen and oxygen atoms in total. The molecule has 5 heteroatoms. The van der Waals surface area contributed by atoms with Gasteiger partial charge < -0.3 is 9.47 Å². The van der Waals surface area contributed by atoms with Crippen molar-refractivity contribution in [2.45, 2.75) is 31.8 Å². The van der Waals surface area contributed by atoms with Gasteiger partial charge in [-0.1, -0.05) is 0 Å². The zero-order chi connectivity index (χ0) is 14.1. The Hall–Kier alpha value is -0.330. The minimum Gasteiger partial charge on any atom is -0.327 e. The molecular formula is C15H19ClIN3. The maximum absolute atomic E-state index is 5.92. The molecule has 2 aromatic rings. The summed E-state index contributed by atoms with van der Waals surface area (Å²) in [6, 6.07) is 7.28. The molecule has 0 aliphatic heterocycles. The quantitative estimate of drug-likeness (QED) is 0.543. The second-order valence-corrected chi connectivity index (χ2v) is 7.09. The average Bonchev–Trinajstić information content (AvgIpc) is 3.20. The first-order valence-electron chi connectivity index (χ1n) is 7.10.